The standard InChI is InChI=1S/C25H30N2O5/c1-4-16(13-14-22(28)29)26-23(30)25(2,3)27-24(31)32-15-21-19-11-7-5-9-17(19)18-10-6-8-12-20(18)21/h5-12,16,21H,4,13-15H2,1-3H3,(H,26,30)(H,27,31)(H,28,29). The number of hydrogen-bond donors (Lipinski definition) is 3. The van der Waals surface area contributed by atoms with Crippen molar-refractivity contribution >= 4 is 18.0 Å². The van der Waals surface area contributed by atoms with Crippen molar-refractivity contribution in [3.05, 3.63) is 59.7 Å². The van der Waals surface area contributed by atoms with Gasteiger partial charge in [-0.15, -0.1) is 0 Å². The Labute approximate surface area is 188 Å². The molecule has 2 aromatic carbocycles. The Bertz CT molecular complexity index is 956. The third-order valence-corrected chi connectivity index (χ3v) is 5.86. The van der Waals surface area contributed by atoms with Crippen molar-refractivity contribution in [2.45, 2.75) is 57.5 Å². The zero-order chi connectivity index (χ0) is 23.3. The summed E-state index contributed by atoms with van der Waals surface area (Å²) < 4.78 is 5.53. The highest BCUT2D eigenvalue weighted by Gasteiger charge is 2.33. The lowest BCUT2D eigenvalue weighted by Gasteiger charge is -2.28. The van der Waals surface area contributed by atoms with E-state index in [1.54, 1.807) is 13.8 Å². The third kappa shape index (κ3) is 5.28. The first kappa shape index (κ1) is 23.3. The number of carbonyl (C=O) groups is 3. The van der Waals surface area contributed by atoms with Gasteiger partial charge in [-0.05, 0) is 48.9 Å². The molecule has 3 rings (SSSR count). The summed E-state index contributed by atoms with van der Waals surface area (Å²) in [5.74, 6) is -1.36. The van der Waals surface area contributed by atoms with E-state index in [-0.39, 0.29) is 30.9 Å². The molecule has 2 aromatic rings. The predicted octanol–water partition coefficient (Wildman–Crippen LogP) is 4.06. The third-order valence-electron chi connectivity index (χ3n) is 5.86. The summed E-state index contributed by atoms with van der Waals surface area (Å²) in [5.41, 5.74) is 3.30. The Kier molecular flexibility index (Phi) is 7.18. The molecule has 0 radical (unpaired) electrons. The normalized spacial score (nSPS) is 13.6. The molecule has 3 N–H and O–H groups in total. The van der Waals surface area contributed by atoms with E-state index in [1.807, 2.05) is 43.3 Å². The summed E-state index contributed by atoms with van der Waals surface area (Å²) >= 11 is 0. The van der Waals surface area contributed by atoms with Crippen molar-refractivity contribution in [3.8, 4) is 11.1 Å². The fourth-order valence-electron chi connectivity index (χ4n) is 3.99. The molecule has 32 heavy (non-hydrogen) atoms. The molecule has 7 nitrogen and oxygen atoms in total. The molecular weight excluding hydrogens is 408 g/mol. The first-order valence-corrected chi connectivity index (χ1v) is 10.9. The number of carboxylic acids is 1. The zero-order valence-electron chi connectivity index (χ0n) is 18.7. The van der Waals surface area contributed by atoms with Gasteiger partial charge in [0.2, 0.25) is 5.91 Å². The van der Waals surface area contributed by atoms with Gasteiger partial charge in [-0.3, -0.25) is 9.59 Å². The van der Waals surface area contributed by atoms with Crippen LogP contribution in [0.2, 0.25) is 0 Å². The van der Waals surface area contributed by atoms with Crippen LogP contribution >= 0.6 is 0 Å². The highest BCUT2D eigenvalue weighted by atomic mass is 16.5. The van der Waals surface area contributed by atoms with Gasteiger partial charge in [-0.2, -0.15) is 0 Å². The van der Waals surface area contributed by atoms with Crippen molar-refractivity contribution in [1.29, 1.82) is 0 Å². The molecule has 1 aliphatic rings. The van der Waals surface area contributed by atoms with Crippen LogP contribution in [0, 0.1) is 0 Å². The van der Waals surface area contributed by atoms with Gasteiger partial charge in [-0.25, -0.2) is 4.79 Å². The fraction of sp³-hybridized carbons (Fsp3) is 0.400. The molecule has 1 unspecified atom stereocenters. The lowest BCUT2D eigenvalue weighted by Crippen LogP contribution is -2.56. The van der Waals surface area contributed by atoms with Crippen LogP contribution in [-0.2, 0) is 14.3 Å². The number of carbonyl (C=O) groups excluding carboxylic acids is 2. The van der Waals surface area contributed by atoms with Crippen LogP contribution in [0.3, 0.4) is 0 Å². The molecule has 2 amide bonds. The summed E-state index contributed by atoms with van der Waals surface area (Å²) in [4.78, 5) is 36.0. The van der Waals surface area contributed by atoms with E-state index < -0.39 is 17.6 Å². The molecule has 0 heterocycles. The van der Waals surface area contributed by atoms with E-state index in [1.165, 1.54) is 0 Å². The lowest BCUT2D eigenvalue weighted by atomic mass is 9.98. The van der Waals surface area contributed by atoms with E-state index in [9.17, 15) is 14.4 Å². The molecule has 0 aliphatic heterocycles. The monoisotopic (exact) mass is 438 g/mol. The van der Waals surface area contributed by atoms with E-state index in [0.717, 1.165) is 22.3 Å². The van der Waals surface area contributed by atoms with E-state index in [4.69, 9.17) is 9.84 Å². The van der Waals surface area contributed by atoms with Gasteiger partial charge in [0.25, 0.3) is 0 Å². The number of rotatable bonds is 9. The van der Waals surface area contributed by atoms with Crippen LogP contribution in [-0.4, -0.2) is 41.3 Å². The summed E-state index contributed by atoms with van der Waals surface area (Å²) in [6.07, 6.45) is 0.225. The maximum absolute atomic E-state index is 12.7. The Balaban J connectivity index is 1.59. The average Bonchev–Trinajstić information content (AvgIpc) is 3.08. The van der Waals surface area contributed by atoms with Crippen molar-refractivity contribution in [2.75, 3.05) is 6.61 Å². The average molecular weight is 439 g/mol. The Morgan fingerprint density at radius 1 is 1.03 bits per heavy atom. The minimum Gasteiger partial charge on any atom is -0.481 e. The second kappa shape index (κ2) is 9.85. The number of ether oxygens (including phenoxy) is 1. The molecule has 1 atom stereocenters. The van der Waals surface area contributed by atoms with Crippen LogP contribution in [0.5, 0.6) is 0 Å². The van der Waals surface area contributed by atoms with Gasteiger partial charge < -0.3 is 20.5 Å². The number of amides is 2. The van der Waals surface area contributed by atoms with Crippen molar-refractivity contribution in [1.82, 2.24) is 10.6 Å². The predicted molar refractivity (Wildman–Crippen MR) is 121 cm³/mol. The molecule has 7 heteroatoms. The van der Waals surface area contributed by atoms with Gasteiger partial charge in [-0.1, -0.05) is 55.5 Å². The van der Waals surface area contributed by atoms with E-state index in [2.05, 4.69) is 22.8 Å². The van der Waals surface area contributed by atoms with Gasteiger partial charge in [0.15, 0.2) is 0 Å². The molecule has 170 valence electrons. The Hall–Kier alpha value is -3.35. The second-order valence-electron chi connectivity index (χ2n) is 8.59. The van der Waals surface area contributed by atoms with Crippen LogP contribution in [0.25, 0.3) is 11.1 Å². The van der Waals surface area contributed by atoms with Gasteiger partial charge in [0.05, 0.1) is 0 Å². The number of hydrogen-bond acceptors (Lipinski definition) is 4. The second-order valence-corrected chi connectivity index (χ2v) is 8.59. The smallest absolute Gasteiger partial charge is 0.408 e. The van der Waals surface area contributed by atoms with Crippen molar-refractivity contribution < 1.29 is 24.2 Å². The molecule has 0 bridgehead atoms. The topological polar surface area (TPSA) is 105 Å². The van der Waals surface area contributed by atoms with Crippen LogP contribution in [0.4, 0.5) is 4.79 Å². The number of alkyl carbamates (subject to hydrolysis) is 1. The number of benzene rings is 2. The minimum absolute atomic E-state index is 0.0287. The summed E-state index contributed by atoms with van der Waals surface area (Å²) in [6.45, 7) is 5.22. The van der Waals surface area contributed by atoms with Crippen LogP contribution < -0.4 is 10.6 Å². The quantitative estimate of drug-likeness (QED) is 0.548. The SMILES string of the molecule is CCC(CCC(=O)O)NC(=O)C(C)(C)NC(=O)OCC1c2ccccc2-c2ccccc21. The number of aliphatic carboxylic acids is 1. The molecule has 0 saturated heterocycles. The van der Waals surface area contributed by atoms with Gasteiger partial charge >= 0.3 is 12.1 Å². The minimum atomic E-state index is -1.21. The highest BCUT2D eigenvalue weighted by molar-refractivity contribution is 5.89. The molecule has 0 fully saturated rings. The fourth-order valence-corrected chi connectivity index (χ4v) is 3.99. The molecular formula is C25H30N2O5. The van der Waals surface area contributed by atoms with Gasteiger partial charge in [0.1, 0.15) is 12.1 Å². The maximum atomic E-state index is 12.7. The first-order chi connectivity index (χ1) is 15.2. The summed E-state index contributed by atoms with van der Waals surface area (Å²) in [6, 6.07) is 15.9. The summed E-state index contributed by atoms with van der Waals surface area (Å²) in [5, 5.41) is 14.3. The Morgan fingerprint density at radius 2 is 1.59 bits per heavy atom. The zero-order valence-corrected chi connectivity index (χ0v) is 18.7. The number of carboxylic acid groups (broad SMARTS) is 1. The van der Waals surface area contributed by atoms with Crippen LogP contribution in [0.1, 0.15) is 57.1 Å². The highest BCUT2D eigenvalue weighted by Crippen LogP contribution is 2.44. The molecule has 1 aliphatic carbocycles. The molecule has 0 saturated carbocycles. The summed E-state index contributed by atoms with van der Waals surface area (Å²) in [7, 11) is 0. The molecule has 0 spiro atoms. The van der Waals surface area contributed by atoms with E-state index >= 15 is 0 Å². The Morgan fingerprint density at radius 3 is 2.12 bits per heavy atom. The lowest BCUT2D eigenvalue weighted by molar-refractivity contribution is -0.137. The maximum Gasteiger partial charge on any atom is 0.408 e. The number of fused-ring (bicyclic) bond motifs is 3. The van der Waals surface area contributed by atoms with Crippen molar-refractivity contribution in [2.24, 2.45) is 0 Å². The van der Waals surface area contributed by atoms with E-state index in [0.29, 0.717) is 12.8 Å². The molecule has 0 aromatic heterocycles. The number of nitrogens with one attached hydrogen (secondary N) is 2. The van der Waals surface area contributed by atoms with Crippen LogP contribution in [0.15, 0.2) is 48.5 Å². The van der Waals surface area contributed by atoms with Gasteiger partial charge in [0, 0.05) is 18.4 Å². The largest absolute Gasteiger partial charge is 0.481 e. The van der Waals surface area contributed by atoms with Crippen molar-refractivity contribution in [3.63, 3.8) is 0 Å². The first-order valence-electron chi connectivity index (χ1n) is 10.9.